The first-order valence-corrected chi connectivity index (χ1v) is 6.83. The van der Waals surface area contributed by atoms with Gasteiger partial charge in [0.05, 0.1) is 11.4 Å². The van der Waals surface area contributed by atoms with Crippen molar-refractivity contribution in [1.82, 2.24) is 14.9 Å². The highest BCUT2D eigenvalue weighted by atomic mass is 32.1. The maximum Gasteiger partial charge on any atom is 0.449 e. The number of aromatic nitrogens is 2. The lowest BCUT2D eigenvalue weighted by atomic mass is 10.1. The fourth-order valence-electron chi connectivity index (χ4n) is 2.34. The SMILES string of the molecule is Cc1cscc1-c1nc(C(F)(F)F)n2c1CNCC2. The Kier molecular flexibility index (Phi) is 2.90. The summed E-state index contributed by atoms with van der Waals surface area (Å²) in [5.41, 5.74) is 2.84. The van der Waals surface area contributed by atoms with E-state index >= 15 is 0 Å². The molecule has 3 heterocycles. The van der Waals surface area contributed by atoms with Crippen LogP contribution < -0.4 is 5.32 Å². The lowest BCUT2D eigenvalue weighted by Crippen LogP contribution is -2.30. The Hall–Kier alpha value is -1.34. The van der Waals surface area contributed by atoms with Gasteiger partial charge in [-0.15, -0.1) is 0 Å². The molecule has 2 aromatic rings. The van der Waals surface area contributed by atoms with Crippen LogP contribution in [0.5, 0.6) is 0 Å². The lowest BCUT2D eigenvalue weighted by Gasteiger charge is -2.19. The van der Waals surface area contributed by atoms with Crippen LogP contribution in [-0.2, 0) is 19.3 Å². The van der Waals surface area contributed by atoms with Gasteiger partial charge >= 0.3 is 6.18 Å². The highest BCUT2D eigenvalue weighted by Gasteiger charge is 2.39. The van der Waals surface area contributed by atoms with Crippen LogP contribution in [0, 0.1) is 6.92 Å². The summed E-state index contributed by atoms with van der Waals surface area (Å²) in [4.78, 5) is 3.87. The number of nitrogens with zero attached hydrogens (tertiary/aromatic N) is 2. The van der Waals surface area contributed by atoms with Crippen molar-refractivity contribution in [3.8, 4) is 11.3 Å². The third-order valence-electron chi connectivity index (χ3n) is 3.24. The number of aryl methyl sites for hydroxylation is 1. The first kappa shape index (κ1) is 12.7. The first-order chi connectivity index (χ1) is 8.98. The molecule has 1 N–H and O–H groups in total. The Morgan fingerprint density at radius 2 is 2.16 bits per heavy atom. The second-order valence-electron chi connectivity index (χ2n) is 4.53. The highest BCUT2D eigenvalue weighted by molar-refractivity contribution is 7.08. The minimum Gasteiger partial charge on any atom is -0.321 e. The van der Waals surface area contributed by atoms with Crippen molar-refractivity contribution in [1.29, 1.82) is 0 Å². The molecule has 102 valence electrons. The molecule has 1 aliphatic heterocycles. The lowest BCUT2D eigenvalue weighted by molar-refractivity contribution is -0.147. The maximum absolute atomic E-state index is 13.0. The Labute approximate surface area is 112 Å². The summed E-state index contributed by atoms with van der Waals surface area (Å²) in [6.07, 6.45) is -4.41. The van der Waals surface area contributed by atoms with Gasteiger partial charge in [-0.25, -0.2) is 4.98 Å². The van der Waals surface area contributed by atoms with Crippen molar-refractivity contribution in [3.05, 3.63) is 27.8 Å². The summed E-state index contributed by atoms with van der Waals surface area (Å²) in [6, 6.07) is 0. The quantitative estimate of drug-likeness (QED) is 0.873. The monoisotopic (exact) mass is 287 g/mol. The number of halogens is 3. The van der Waals surface area contributed by atoms with Gasteiger partial charge in [-0.2, -0.15) is 24.5 Å². The van der Waals surface area contributed by atoms with Crippen molar-refractivity contribution in [2.24, 2.45) is 0 Å². The molecule has 0 spiro atoms. The van der Waals surface area contributed by atoms with Crippen LogP contribution in [0.3, 0.4) is 0 Å². The van der Waals surface area contributed by atoms with E-state index in [2.05, 4.69) is 10.3 Å². The fourth-order valence-corrected chi connectivity index (χ4v) is 3.17. The topological polar surface area (TPSA) is 29.9 Å². The molecule has 0 saturated heterocycles. The molecule has 0 aromatic carbocycles. The second-order valence-corrected chi connectivity index (χ2v) is 5.27. The number of thiophene rings is 1. The van der Waals surface area contributed by atoms with E-state index in [1.165, 1.54) is 15.9 Å². The van der Waals surface area contributed by atoms with E-state index in [0.717, 1.165) is 11.1 Å². The number of hydrogen-bond acceptors (Lipinski definition) is 3. The van der Waals surface area contributed by atoms with Crippen LogP contribution in [0.4, 0.5) is 13.2 Å². The van der Waals surface area contributed by atoms with Crippen molar-refractivity contribution >= 4 is 11.3 Å². The third-order valence-corrected chi connectivity index (χ3v) is 4.10. The number of hydrogen-bond donors (Lipinski definition) is 1. The largest absolute Gasteiger partial charge is 0.449 e. The van der Waals surface area contributed by atoms with Crippen molar-refractivity contribution in [2.45, 2.75) is 26.2 Å². The first-order valence-electron chi connectivity index (χ1n) is 5.89. The van der Waals surface area contributed by atoms with Gasteiger partial charge in [0.2, 0.25) is 5.82 Å². The molecule has 1 aliphatic rings. The normalized spacial score (nSPS) is 15.6. The standard InChI is InChI=1S/C12H12F3N3S/c1-7-5-19-6-8(7)10-9-4-16-2-3-18(9)11(17-10)12(13,14)15/h5-6,16H,2-4H2,1H3. The van der Waals surface area contributed by atoms with E-state index in [-0.39, 0.29) is 0 Å². The van der Waals surface area contributed by atoms with Crippen molar-refractivity contribution in [2.75, 3.05) is 6.54 Å². The van der Waals surface area contributed by atoms with E-state index in [4.69, 9.17) is 0 Å². The maximum atomic E-state index is 13.0. The van der Waals surface area contributed by atoms with Crippen LogP contribution in [-0.4, -0.2) is 16.1 Å². The minimum atomic E-state index is -4.41. The Morgan fingerprint density at radius 3 is 2.79 bits per heavy atom. The molecule has 3 rings (SSSR count). The molecule has 0 radical (unpaired) electrons. The average Bonchev–Trinajstić information content (AvgIpc) is 2.91. The number of rotatable bonds is 1. The second kappa shape index (κ2) is 4.35. The van der Waals surface area contributed by atoms with Gasteiger partial charge in [0.25, 0.3) is 0 Å². The van der Waals surface area contributed by atoms with Crippen molar-refractivity contribution < 1.29 is 13.2 Å². The van der Waals surface area contributed by atoms with E-state index in [9.17, 15) is 13.2 Å². The van der Waals surface area contributed by atoms with E-state index in [1.54, 1.807) is 0 Å². The van der Waals surface area contributed by atoms with Gasteiger partial charge < -0.3 is 9.88 Å². The number of imidazole rings is 1. The number of nitrogens with one attached hydrogen (secondary N) is 1. The molecular weight excluding hydrogens is 275 g/mol. The molecule has 0 aliphatic carbocycles. The number of alkyl halides is 3. The summed E-state index contributed by atoms with van der Waals surface area (Å²) in [5.74, 6) is -0.787. The summed E-state index contributed by atoms with van der Waals surface area (Å²) in [6.45, 7) is 3.16. The molecular formula is C12H12F3N3S. The molecule has 0 saturated carbocycles. The predicted octanol–water partition coefficient (Wildman–Crippen LogP) is 3.04. The zero-order valence-corrected chi connectivity index (χ0v) is 11.0. The molecule has 0 amide bonds. The van der Waals surface area contributed by atoms with E-state index < -0.39 is 12.0 Å². The summed E-state index contributed by atoms with van der Waals surface area (Å²) < 4.78 is 40.4. The molecule has 3 nitrogen and oxygen atoms in total. The summed E-state index contributed by atoms with van der Waals surface area (Å²) in [5, 5.41) is 6.88. The molecule has 19 heavy (non-hydrogen) atoms. The van der Waals surface area contributed by atoms with Crippen molar-refractivity contribution in [3.63, 3.8) is 0 Å². The zero-order valence-electron chi connectivity index (χ0n) is 10.2. The fraction of sp³-hybridized carbons (Fsp3) is 0.417. The van der Waals surface area contributed by atoms with Crippen LogP contribution in [0.25, 0.3) is 11.3 Å². The van der Waals surface area contributed by atoms with Gasteiger partial charge in [-0.3, -0.25) is 0 Å². The third kappa shape index (κ3) is 2.06. The molecule has 7 heteroatoms. The van der Waals surface area contributed by atoms with Gasteiger partial charge in [0.15, 0.2) is 0 Å². The van der Waals surface area contributed by atoms with Gasteiger partial charge in [-0.05, 0) is 17.9 Å². The Morgan fingerprint density at radius 1 is 1.37 bits per heavy atom. The predicted molar refractivity (Wildman–Crippen MR) is 67.0 cm³/mol. The van der Waals surface area contributed by atoms with E-state index in [0.29, 0.717) is 31.0 Å². The zero-order chi connectivity index (χ0) is 13.6. The van der Waals surface area contributed by atoms with Crippen LogP contribution in [0.15, 0.2) is 10.8 Å². The van der Waals surface area contributed by atoms with E-state index in [1.807, 2.05) is 17.7 Å². The van der Waals surface area contributed by atoms with Gasteiger partial charge in [0, 0.05) is 30.6 Å². The molecule has 0 unspecified atom stereocenters. The average molecular weight is 287 g/mol. The van der Waals surface area contributed by atoms with Gasteiger partial charge in [0.1, 0.15) is 0 Å². The minimum absolute atomic E-state index is 0.306. The molecule has 2 aromatic heterocycles. The number of fused-ring (bicyclic) bond motifs is 1. The molecule has 0 atom stereocenters. The molecule has 0 bridgehead atoms. The summed E-state index contributed by atoms with van der Waals surface area (Å²) >= 11 is 1.48. The molecule has 0 fully saturated rings. The smallest absolute Gasteiger partial charge is 0.321 e. The van der Waals surface area contributed by atoms with Crippen LogP contribution in [0.1, 0.15) is 17.1 Å². The van der Waals surface area contributed by atoms with Crippen LogP contribution >= 0.6 is 11.3 Å². The highest BCUT2D eigenvalue weighted by Crippen LogP contribution is 2.36. The Bertz CT molecular complexity index is 612. The summed E-state index contributed by atoms with van der Waals surface area (Å²) in [7, 11) is 0. The van der Waals surface area contributed by atoms with Gasteiger partial charge in [-0.1, -0.05) is 0 Å². The van der Waals surface area contributed by atoms with Crippen LogP contribution in [0.2, 0.25) is 0 Å². The Balaban J connectivity index is 2.21.